The Kier molecular flexibility index (Phi) is 11.3. The fraction of sp³-hybridized carbons (Fsp3) is 1.00. The molecule has 0 bridgehead atoms. The number of ether oxygens (including phenoxy) is 1. The first-order valence-corrected chi connectivity index (χ1v) is 9.54. The van der Waals surface area contributed by atoms with Crippen LogP contribution in [0.25, 0.3) is 0 Å². The van der Waals surface area contributed by atoms with Crippen molar-refractivity contribution in [1.29, 1.82) is 0 Å². The molecule has 126 valence electrons. The van der Waals surface area contributed by atoms with Gasteiger partial charge in [0.1, 0.15) is 6.10 Å². The van der Waals surface area contributed by atoms with Gasteiger partial charge >= 0.3 is 0 Å². The molecule has 0 aromatic carbocycles. The van der Waals surface area contributed by atoms with E-state index >= 15 is 0 Å². The van der Waals surface area contributed by atoms with Gasteiger partial charge in [0.2, 0.25) is 0 Å². The number of rotatable bonds is 15. The summed E-state index contributed by atoms with van der Waals surface area (Å²) < 4.78 is 5.39. The van der Waals surface area contributed by atoms with E-state index in [1.165, 1.54) is 77.0 Å². The quantitative estimate of drug-likeness (QED) is 0.321. The Morgan fingerprint density at radius 1 is 0.810 bits per heavy atom. The maximum atomic E-state index is 8.94. The van der Waals surface area contributed by atoms with Gasteiger partial charge in [0.05, 0.1) is 12.7 Å². The van der Waals surface area contributed by atoms with Crippen molar-refractivity contribution in [3.63, 3.8) is 0 Å². The van der Waals surface area contributed by atoms with E-state index in [4.69, 9.17) is 9.84 Å². The van der Waals surface area contributed by atoms with Crippen molar-refractivity contribution >= 4 is 0 Å². The monoisotopic (exact) mass is 298 g/mol. The fourth-order valence-electron chi connectivity index (χ4n) is 3.22. The summed E-state index contributed by atoms with van der Waals surface area (Å²) in [5.74, 6) is 0.755. The SMILES string of the molecule is CCCCCCCCCCCCC[C@H](C)C[C@H]1O[C@@H]1CO. The van der Waals surface area contributed by atoms with Gasteiger partial charge in [0, 0.05) is 0 Å². The van der Waals surface area contributed by atoms with E-state index in [2.05, 4.69) is 13.8 Å². The predicted molar refractivity (Wildman–Crippen MR) is 90.6 cm³/mol. The topological polar surface area (TPSA) is 32.8 Å². The zero-order valence-electron chi connectivity index (χ0n) is 14.5. The third-order valence-corrected chi connectivity index (χ3v) is 4.80. The number of unbranched alkanes of at least 4 members (excludes halogenated alkanes) is 10. The molecule has 1 aliphatic heterocycles. The van der Waals surface area contributed by atoms with Gasteiger partial charge in [-0.15, -0.1) is 0 Å². The van der Waals surface area contributed by atoms with Gasteiger partial charge in [-0.1, -0.05) is 90.9 Å². The Labute approximate surface area is 132 Å². The largest absolute Gasteiger partial charge is 0.394 e. The Balaban J connectivity index is 1.74. The van der Waals surface area contributed by atoms with E-state index in [9.17, 15) is 0 Å². The minimum Gasteiger partial charge on any atom is -0.394 e. The molecular weight excluding hydrogens is 260 g/mol. The minimum absolute atomic E-state index is 0.157. The lowest BCUT2D eigenvalue weighted by Crippen LogP contribution is -2.04. The molecule has 3 atom stereocenters. The number of aliphatic hydroxyl groups is 1. The van der Waals surface area contributed by atoms with Crippen LogP contribution >= 0.6 is 0 Å². The second kappa shape index (κ2) is 12.5. The van der Waals surface area contributed by atoms with Crippen molar-refractivity contribution in [3.8, 4) is 0 Å². The first kappa shape index (κ1) is 19.0. The molecule has 21 heavy (non-hydrogen) atoms. The number of hydrogen-bond acceptors (Lipinski definition) is 2. The first-order valence-electron chi connectivity index (χ1n) is 9.54. The molecule has 1 N–H and O–H groups in total. The molecular formula is C19H38O2. The van der Waals surface area contributed by atoms with Crippen LogP contribution in [0.4, 0.5) is 0 Å². The number of aliphatic hydroxyl groups excluding tert-OH is 1. The van der Waals surface area contributed by atoms with Crippen LogP contribution in [0.2, 0.25) is 0 Å². The summed E-state index contributed by atoms with van der Waals surface area (Å²) in [5, 5.41) is 8.94. The summed E-state index contributed by atoms with van der Waals surface area (Å²) in [7, 11) is 0. The van der Waals surface area contributed by atoms with Crippen LogP contribution in [0.1, 0.15) is 97.3 Å². The highest BCUT2D eigenvalue weighted by molar-refractivity contribution is 4.85. The Hall–Kier alpha value is -0.0800. The Bertz CT molecular complexity index is 230. The average Bonchev–Trinajstić information content (AvgIpc) is 3.23. The van der Waals surface area contributed by atoms with Crippen molar-refractivity contribution in [1.82, 2.24) is 0 Å². The maximum Gasteiger partial charge on any atom is 0.107 e. The Morgan fingerprint density at radius 3 is 1.81 bits per heavy atom. The van der Waals surface area contributed by atoms with Gasteiger partial charge in [-0.25, -0.2) is 0 Å². The van der Waals surface area contributed by atoms with Crippen molar-refractivity contribution in [2.45, 2.75) is 110 Å². The van der Waals surface area contributed by atoms with Crippen LogP contribution in [0.5, 0.6) is 0 Å². The summed E-state index contributed by atoms with van der Waals surface area (Å²) in [6.45, 7) is 4.81. The van der Waals surface area contributed by atoms with Crippen LogP contribution in [0.15, 0.2) is 0 Å². The van der Waals surface area contributed by atoms with Crippen LogP contribution in [-0.4, -0.2) is 23.9 Å². The van der Waals surface area contributed by atoms with Crippen LogP contribution < -0.4 is 0 Å². The zero-order chi connectivity index (χ0) is 15.3. The van der Waals surface area contributed by atoms with Crippen molar-refractivity contribution in [2.24, 2.45) is 5.92 Å². The van der Waals surface area contributed by atoms with Gasteiger partial charge in [0.15, 0.2) is 0 Å². The minimum atomic E-state index is 0.157. The first-order chi connectivity index (χ1) is 10.3. The maximum absolute atomic E-state index is 8.94. The summed E-state index contributed by atoms with van der Waals surface area (Å²) in [6, 6.07) is 0. The molecule has 0 aromatic heterocycles. The van der Waals surface area contributed by atoms with Gasteiger partial charge < -0.3 is 9.84 Å². The van der Waals surface area contributed by atoms with E-state index in [1.54, 1.807) is 0 Å². The van der Waals surface area contributed by atoms with Gasteiger partial charge in [-0.3, -0.25) is 0 Å². The standard InChI is InChI=1S/C19H38O2/c1-3-4-5-6-7-8-9-10-11-12-13-14-17(2)15-18-19(16-20)21-18/h17-20H,3-16H2,1-2H3/t17-,18+,19+/m0/s1. The van der Waals surface area contributed by atoms with Crippen molar-refractivity contribution < 1.29 is 9.84 Å². The normalized spacial score (nSPS) is 22.4. The smallest absolute Gasteiger partial charge is 0.107 e. The molecule has 2 nitrogen and oxygen atoms in total. The number of hydrogen-bond donors (Lipinski definition) is 1. The Morgan fingerprint density at radius 2 is 1.33 bits per heavy atom. The predicted octanol–water partition coefficient (Wildman–Crippen LogP) is 5.47. The summed E-state index contributed by atoms with van der Waals surface area (Å²) in [5.41, 5.74) is 0. The molecule has 1 aliphatic rings. The lowest BCUT2D eigenvalue weighted by atomic mass is 9.96. The second-order valence-corrected chi connectivity index (χ2v) is 7.06. The van der Waals surface area contributed by atoms with E-state index in [-0.39, 0.29) is 12.7 Å². The molecule has 0 spiro atoms. The molecule has 1 fully saturated rings. The molecule has 2 heteroatoms. The second-order valence-electron chi connectivity index (χ2n) is 7.06. The third kappa shape index (κ3) is 10.3. The van der Waals surface area contributed by atoms with Gasteiger partial charge in [-0.2, -0.15) is 0 Å². The highest BCUT2D eigenvalue weighted by Gasteiger charge is 2.38. The molecule has 0 unspecified atom stereocenters. The van der Waals surface area contributed by atoms with E-state index in [0.29, 0.717) is 6.10 Å². The van der Waals surface area contributed by atoms with Crippen molar-refractivity contribution in [2.75, 3.05) is 6.61 Å². The summed E-state index contributed by atoms with van der Waals surface area (Å²) >= 11 is 0. The highest BCUT2D eigenvalue weighted by atomic mass is 16.6. The highest BCUT2D eigenvalue weighted by Crippen LogP contribution is 2.29. The molecule has 0 radical (unpaired) electrons. The molecule has 1 saturated heterocycles. The third-order valence-electron chi connectivity index (χ3n) is 4.80. The molecule has 0 saturated carbocycles. The van der Waals surface area contributed by atoms with Gasteiger partial charge in [0.25, 0.3) is 0 Å². The van der Waals surface area contributed by atoms with Crippen LogP contribution in [0.3, 0.4) is 0 Å². The molecule has 0 amide bonds. The molecule has 1 rings (SSSR count). The van der Waals surface area contributed by atoms with Gasteiger partial charge in [-0.05, 0) is 12.3 Å². The number of epoxide rings is 1. The van der Waals surface area contributed by atoms with E-state index in [1.807, 2.05) is 0 Å². The van der Waals surface area contributed by atoms with Crippen LogP contribution in [0, 0.1) is 5.92 Å². The zero-order valence-corrected chi connectivity index (χ0v) is 14.5. The molecule has 0 aliphatic carbocycles. The molecule has 1 heterocycles. The van der Waals surface area contributed by atoms with E-state index < -0.39 is 0 Å². The lowest BCUT2D eigenvalue weighted by molar-refractivity contribution is 0.240. The lowest BCUT2D eigenvalue weighted by Gasteiger charge is -2.09. The van der Waals surface area contributed by atoms with Crippen molar-refractivity contribution in [3.05, 3.63) is 0 Å². The fourth-order valence-corrected chi connectivity index (χ4v) is 3.22. The molecule has 0 aromatic rings. The summed E-state index contributed by atoms with van der Waals surface area (Å²) in [6.07, 6.45) is 18.6. The van der Waals surface area contributed by atoms with E-state index in [0.717, 1.165) is 12.3 Å². The average molecular weight is 299 g/mol. The summed E-state index contributed by atoms with van der Waals surface area (Å²) in [4.78, 5) is 0. The van der Waals surface area contributed by atoms with Crippen LogP contribution in [-0.2, 0) is 4.74 Å².